The number of halogens is 1. The van der Waals surface area contributed by atoms with E-state index < -0.39 is 0 Å². The fourth-order valence-electron chi connectivity index (χ4n) is 2.97. The first-order chi connectivity index (χ1) is 12.1. The van der Waals surface area contributed by atoms with E-state index in [1.807, 2.05) is 13.8 Å². The maximum absolute atomic E-state index is 11.7. The third-order valence-electron chi connectivity index (χ3n) is 4.22. The number of hydrogen-bond donors (Lipinski definition) is 2. The van der Waals surface area contributed by atoms with Crippen LogP contribution in [0.5, 0.6) is 0 Å². The maximum Gasteiger partial charge on any atom is 0.221 e. The highest BCUT2D eigenvalue weighted by molar-refractivity contribution is 14.0. The Labute approximate surface area is 174 Å². The third kappa shape index (κ3) is 7.90. The Morgan fingerprint density at radius 2 is 1.81 bits per heavy atom. The molecule has 0 aliphatic carbocycles. The smallest absolute Gasteiger partial charge is 0.221 e. The SMILES string of the molecule is CN=C(NCCC(=O)NC(C)C)N1CCN(Cc2ccccc2)CC1.I. The molecule has 0 saturated carbocycles. The zero-order valence-electron chi connectivity index (χ0n) is 16.1. The molecule has 1 aromatic carbocycles. The maximum atomic E-state index is 11.7. The molecule has 0 radical (unpaired) electrons. The monoisotopic (exact) mass is 473 g/mol. The summed E-state index contributed by atoms with van der Waals surface area (Å²) in [7, 11) is 1.80. The normalized spacial score (nSPS) is 15.5. The first-order valence-corrected chi connectivity index (χ1v) is 9.09. The van der Waals surface area contributed by atoms with E-state index >= 15 is 0 Å². The molecule has 2 N–H and O–H groups in total. The van der Waals surface area contributed by atoms with Crippen molar-refractivity contribution in [3.05, 3.63) is 35.9 Å². The van der Waals surface area contributed by atoms with Crippen LogP contribution in [-0.2, 0) is 11.3 Å². The van der Waals surface area contributed by atoms with Crippen LogP contribution in [0.4, 0.5) is 0 Å². The number of rotatable bonds is 6. The highest BCUT2D eigenvalue weighted by Crippen LogP contribution is 2.08. The van der Waals surface area contributed by atoms with Gasteiger partial charge in [-0.25, -0.2) is 0 Å². The Hall–Kier alpha value is -1.35. The topological polar surface area (TPSA) is 60.0 Å². The van der Waals surface area contributed by atoms with E-state index in [1.54, 1.807) is 7.05 Å². The Morgan fingerprint density at radius 3 is 2.38 bits per heavy atom. The average Bonchev–Trinajstić information content (AvgIpc) is 2.60. The first kappa shape index (κ1) is 22.7. The largest absolute Gasteiger partial charge is 0.356 e. The van der Waals surface area contributed by atoms with Gasteiger partial charge in [0.05, 0.1) is 0 Å². The summed E-state index contributed by atoms with van der Waals surface area (Å²) in [6.45, 7) is 9.48. The number of benzene rings is 1. The van der Waals surface area contributed by atoms with Crippen LogP contribution < -0.4 is 10.6 Å². The summed E-state index contributed by atoms with van der Waals surface area (Å²) < 4.78 is 0. The Morgan fingerprint density at radius 1 is 1.15 bits per heavy atom. The molecule has 1 aromatic rings. The van der Waals surface area contributed by atoms with Gasteiger partial charge in [0.1, 0.15) is 0 Å². The van der Waals surface area contributed by atoms with Crippen molar-refractivity contribution < 1.29 is 4.79 Å². The van der Waals surface area contributed by atoms with Crippen LogP contribution in [-0.4, -0.2) is 67.5 Å². The van der Waals surface area contributed by atoms with E-state index in [-0.39, 0.29) is 35.9 Å². The number of carbonyl (C=O) groups is 1. The lowest BCUT2D eigenvalue weighted by Gasteiger charge is -2.36. The van der Waals surface area contributed by atoms with Gasteiger partial charge in [-0.3, -0.25) is 14.7 Å². The molecular weight excluding hydrogens is 441 g/mol. The highest BCUT2D eigenvalue weighted by Gasteiger charge is 2.19. The van der Waals surface area contributed by atoms with Gasteiger partial charge in [-0.15, -0.1) is 24.0 Å². The zero-order chi connectivity index (χ0) is 18.1. The van der Waals surface area contributed by atoms with Crippen molar-refractivity contribution in [2.24, 2.45) is 4.99 Å². The Balaban J connectivity index is 0.00000338. The number of amides is 1. The van der Waals surface area contributed by atoms with Crippen LogP contribution in [0.2, 0.25) is 0 Å². The number of nitrogens with one attached hydrogen (secondary N) is 2. The molecule has 7 heteroatoms. The molecule has 0 spiro atoms. The fourth-order valence-corrected chi connectivity index (χ4v) is 2.97. The lowest BCUT2D eigenvalue weighted by atomic mass is 10.2. The molecule has 1 fully saturated rings. The summed E-state index contributed by atoms with van der Waals surface area (Å²) in [5.41, 5.74) is 1.36. The van der Waals surface area contributed by atoms with Crippen LogP contribution in [0.15, 0.2) is 35.3 Å². The Kier molecular flexibility index (Phi) is 10.6. The van der Waals surface area contributed by atoms with E-state index in [0.717, 1.165) is 38.7 Å². The summed E-state index contributed by atoms with van der Waals surface area (Å²) in [6, 6.07) is 10.8. The summed E-state index contributed by atoms with van der Waals surface area (Å²) in [6.07, 6.45) is 0.463. The van der Waals surface area contributed by atoms with E-state index in [1.165, 1.54) is 5.56 Å². The van der Waals surface area contributed by atoms with Crippen molar-refractivity contribution in [1.29, 1.82) is 0 Å². The molecule has 26 heavy (non-hydrogen) atoms. The second-order valence-corrected chi connectivity index (χ2v) is 6.69. The molecule has 1 amide bonds. The second-order valence-electron chi connectivity index (χ2n) is 6.69. The minimum Gasteiger partial charge on any atom is -0.356 e. The summed E-state index contributed by atoms with van der Waals surface area (Å²) in [4.78, 5) is 20.8. The number of nitrogens with zero attached hydrogens (tertiary/aromatic N) is 3. The highest BCUT2D eigenvalue weighted by atomic mass is 127. The molecule has 0 aromatic heterocycles. The van der Waals surface area contributed by atoms with Crippen molar-refractivity contribution in [3.8, 4) is 0 Å². The van der Waals surface area contributed by atoms with Crippen molar-refractivity contribution in [2.45, 2.75) is 32.9 Å². The van der Waals surface area contributed by atoms with Gasteiger partial charge in [-0.05, 0) is 19.4 Å². The van der Waals surface area contributed by atoms with Crippen molar-refractivity contribution in [1.82, 2.24) is 20.4 Å². The van der Waals surface area contributed by atoms with Gasteiger partial charge in [-0.2, -0.15) is 0 Å². The molecule has 0 bridgehead atoms. The molecule has 2 rings (SSSR count). The van der Waals surface area contributed by atoms with Crippen molar-refractivity contribution >= 4 is 35.8 Å². The van der Waals surface area contributed by atoms with Crippen LogP contribution in [0.25, 0.3) is 0 Å². The van der Waals surface area contributed by atoms with E-state index in [4.69, 9.17) is 0 Å². The van der Waals surface area contributed by atoms with Gasteiger partial charge in [0.25, 0.3) is 0 Å². The quantitative estimate of drug-likeness (QED) is 0.377. The first-order valence-electron chi connectivity index (χ1n) is 9.09. The summed E-state index contributed by atoms with van der Waals surface area (Å²) in [5.74, 6) is 0.961. The standard InChI is InChI=1S/C19H31N5O.HI/c1-16(2)22-18(25)9-10-21-19(20-3)24-13-11-23(12-14-24)15-17-7-5-4-6-8-17;/h4-8,16H,9-15H2,1-3H3,(H,20,21)(H,22,25);1H. The van der Waals surface area contributed by atoms with Gasteiger partial charge in [0.15, 0.2) is 5.96 Å². The van der Waals surface area contributed by atoms with Gasteiger partial charge in [0.2, 0.25) is 5.91 Å². The lowest BCUT2D eigenvalue weighted by Crippen LogP contribution is -2.52. The lowest BCUT2D eigenvalue weighted by molar-refractivity contribution is -0.121. The predicted octanol–water partition coefficient (Wildman–Crippen LogP) is 1.91. The van der Waals surface area contributed by atoms with E-state index in [2.05, 4.69) is 55.8 Å². The molecule has 6 nitrogen and oxygen atoms in total. The number of hydrogen-bond acceptors (Lipinski definition) is 3. The number of guanidine groups is 1. The van der Waals surface area contributed by atoms with Gasteiger partial charge >= 0.3 is 0 Å². The molecule has 146 valence electrons. The van der Waals surface area contributed by atoms with Crippen LogP contribution >= 0.6 is 24.0 Å². The van der Waals surface area contributed by atoms with Crippen LogP contribution in [0, 0.1) is 0 Å². The minimum atomic E-state index is 0. The second kappa shape index (κ2) is 12.1. The predicted molar refractivity (Wildman–Crippen MR) is 118 cm³/mol. The Bertz CT molecular complexity index is 556. The fraction of sp³-hybridized carbons (Fsp3) is 0.579. The molecular formula is C19H32IN5O. The number of piperazine rings is 1. The van der Waals surface area contributed by atoms with Crippen molar-refractivity contribution in [3.63, 3.8) is 0 Å². The third-order valence-corrected chi connectivity index (χ3v) is 4.22. The van der Waals surface area contributed by atoms with Crippen LogP contribution in [0.1, 0.15) is 25.8 Å². The molecule has 0 unspecified atom stereocenters. The molecule has 1 aliphatic rings. The molecule has 1 saturated heterocycles. The van der Waals surface area contributed by atoms with Gasteiger partial charge in [0, 0.05) is 58.8 Å². The zero-order valence-corrected chi connectivity index (χ0v) is 18.4. The van der Waals surface area contributed by atoms with Gasteiger partial charge < -0.3 is 15.5 Å². The van der Waals surface area contributed by atoms with Crippen molar-refractivity contribution in [2.75, 3.05) is 39.8 Å². The van der Waals surface area contributed by atoms with Crippen LogP contribution in [0.3, 0.4) is 0 Å². The number of carbonyl (C=O) groups excluding carboxylic acids is 1. The summed E-state index contributed by atoms with van der Waals surface area (Å²) in [5, 5.41) is 6.21. The minimum absolute atomic E-state index is 0. The molecule has 0 atom stereocenters. The molecule has 1 aliphatic heterocycles. The summed E-state index contributed by atoms with van der Waals surface area (Å²) >= 11 is 0. The van der Waals surface area contributed by atoms with E-state index in [9.17, 15) is 4.79 Å². The van der Waals surface area contributed by atoms with E-state index in [0.29, 0.717) is 13.0 Å². The van der Waals surface area contributed by atoms with Gasteiger partial charge in [-0.1, -0.05) is 30.3 Å². The molecule has 1 heterocycles. The number of aliphatic imine (C=N–C) groups is 1. The average molecular weight is 473 g/mol.